The molecule has 0 spiro atoms. The van der Waals surface area contributed by atoms with Gasteiger partial charge in [0.25, 0.3) is 5.91 Å². The molecule has 6 heteroatoms. The van der Waals surface area contributed by atoms with Gasteiger partial charge in [-0.1, -0.05) is 44.2 Å². The van der Waals surface area contributed by atoms with Gasteiger partial charge in [0.15, 0.2) is 0 Å². The second-order valence-corrected chi connectivity index (χ2v) is 5.33. The minimum atomic E-state index is -1.12. The summed E-state index contributed by atoms with van der Waals surface area (Å²) < 4.78 is 5.53. The van der Waals surface area contributed by atoms with Crippen LogP contribution in [0.2, 0.25) is 0 Å². The van der Waals surface area contributed by atoms with Crippen LogP contribution in [0.4, 0.5) is 0 Å². The van der Waals surface area contributed by atoms with E-state index in [1.54, 1.807) is 0 Å². The number of hydrogen-bond acceptors (Lipinski definition) is 4. The molecule has 0 saturated carbocycles. The topological polar surface area (TPSA) is 102 Å². The van der Waals surface area contributed by atoms with E-state index in [1.165, 1.54) is 5.48 Å². The van der Waals surface area contributed by atoms with Crippen LogP contribution in [0, 0.1) is 11.8 Å². The van der Waals surface area contributed by atoms with Crippen LogP contribution in [0.3, 0.4) is 0 Å². The molecule has 0 aliphatic rings. The Hall–Kier alpha value is -1.92. The lowest BCUT2D eigenvalue weighted by molar-refractivity contribution is -0.151. The molecule has 0 heterocycles. The first-order valence-corrected chi connectivity index (χ1v) is 6.84. The van der Waals surface area contributed by atoms with Crippen molar-refractivity contribution < 1.29 is 19.5 Å². The summed E-state index contributed by atoms with van der Waals surface area (Å²) in [6.07, 6.45) is -0.711. The number of amides is 2. The lowest BCUT2D eigenvalue weighted by Crippen LogP contribution is -2.45. The van der Waals surface area contributed by atoms with Crippen molar-refractivity contribution in [2.45, 2.75) is 33.0 Å². The van der Waals surface area contributed by atoms with Crippen molar-refractivity contribution >= 4 is 11.8 Å². The smallest absolute Gasteiger partial charge is 0.273 e. The van der Waals surface area contributed by atoms with Gasteiger partial charge in [-0.25, -0.2) is 5.48 Å². The molecule has 21 heavy (non-hydrogen) atoms. The van der Waals surface area contributed by atoms with Crippen molar-refractivity contribution in [2.24, 2.45) is 17.6 Å². The van der Waals surface area contributed by atoms with Crippen molar-refractivity contribution in [3.05, 3.63) is 35.9 Å². The maximum atomic E-state index is 11.8. The summed E-state index contributed by atoms with van der Waals surface area (Å²) in [4.78, 5) is 23.4. The zero-order chi connectivity index (χ0) is 15.8. The minimum Gasteiger partial charge on any atom is -0.369 e. The molecule has 0 bridgehead atoms. The highest BCUT2D eigenvalue weighted by Gasteiger charge is 2.33. The number of nitrogens with one attached hydrogen (secondary N) is 1. The molecule has 2 atom stereocenters. The van der Waals surface area contributed by atoms with E-state index in [0.29, 0.717) is 6.42 Å². The summed E-state index contributed by atoms with van der Waals surface area (Å²) in [5, 5.41) is 8.84. The van der Waals surface area contributed by atoms with Gasteiger partial charge in [0, 0.05) is 0 Å². The quantitative estimate of drug-likeness (QED) is 0.495. The van der Waals surface area contributed by atoms with Crippen molar-refractivity contribution in [1.29, 1.82) is 0 Å². The normalized spacial score (nSPS) is 13.7. The summed E-state index contributed by atoms with van der Waals surface area (Å²) in [6.45, 7) is 3.99. The molecular weight excluding hydrogens is 272 g/mol. The number of primary amides is 1. The Morgan fingerprint density at radius 3 is 2.38 bits per heavy atom. The fraction of sp³-hybridized carbons (Fsp3) is 0.467. The molecule has 6 nitrogen and oxygen atoms in total. The lowest BCUT2D eigenvalue weighted by atomic mass is 9.91. The Kier molecular flexibility index (Phi) is 6.84. The first-order chi connectivity index (χ1) is 9.95. The van der Waals surface area contributed by atoms with E-state index in [2.05, 4.69) is 0 Å². The molecule has 4 N–H and O–H groups in total. The molecule has 1 aromatic rings. The molecule has 0 aliphatic heterocycles. The standard InChI is InChI=1S/C15H22N2O4/c1-10(2)8-12(14(16)18)13(15(19)17-20)21-9-11-6-4-3-5-7-11/h3-7,10,12-13,20H,8-9H2,1-2H3,(H2,16,18)(H,17,19)/t12-,13+/m1/s1. The molecule has 0 saturated heterocycles. The Balaban J connectivity index is 2.83. The number of hydrogen-bond donors (Lipinski definition) is 3. The van der Waals surface area contributed by atoms with Gasteiger partial charge in [-0.3, -0.25) is 14.8 Å². The number of rotatable bonds is 8. The van der Waals surface area contributed by atoms with Crippen LogP contribution in [0.1, 0.15) is 25.8 Å². The first kappa shape index (κ1) is 17.1. The molecule has 0 aromatic heterocycles. The fourth-order valence-electron chi connectivity index (χ4n) is 2.10. The highest BCUT2D eigenvalue weighted by molar-refractivity contribution is 5.88. The van der Waals surface area contributed by atoms with Crippen molar-refractivity contribution in [1.82, 2.24) is 5.48 Å². The average molecular weight is 294 g/mol. The molecule has 1 rings (SSSR count). The van der Waals surface area contributed by atoms with Crippen LogP contribution >= 0.6 is 0 Å². The zero-order valence-electron chi connectivity index (χ0n) is 12.3. The van der Waals surface area contributed by atoms with E-state index >= 15 is 0 Å². The SMILES string of the molecule is CC(C)C[C@@H](C(N)=O)[C@H](OCc1ccccc1)C(=O)NO. The van der Waals surface area contributed by atoms with Gasteiger partial charge in [0.1, 0.15) is 6.10 Å². The van der Waals surface area contributed by atoms with Crippen LogP contribution < -0.4 is 11.2 Å². The molecule has 0 fully saturated rings. The minimum absolute atomic E-state index is 0.154. The Morgan fingerprint density at radius 2 is 1.90 bits per heavy atom. The molecule has 1 aromatic carbocycles. The fourth-order valence-corrected chi connectivity index (χ4v) is 2.10. The average Bonchev–Trinajstić information content (AvgIpc) is 2.46. The van der Waals surface area contributed by atoms with Crippen molar-refractivity contribution in [3.8, 4) is 0 Å². The van der Waals surface area contributed by atoms with E-state index in [-0.39, 0.29) is 12.5 Å². The van der Waals surface area contributed by atoms with Crippen molar-refractivity contribution in [3.63, 3.8) is 0 Å². The molecule has 2 amide bonds. The largest absolute Gasteiger partial charge is 0.369 e. The van der Waals surface area contributed by atoms with E-state index < -0.39 is 23.8 Å². The predicted molar refractivity (Wildman–Crippen MR) is 77.1 cm³/mol. The van der Waals surface area contributed by atoms with Crippen LogP contribution in [0.25, 0.3) is 0 Å². The highest BCUT2D eigenvalue weighted by atomic mass is 16.5. The predicted octanol–water partition coefficient (Wildman–Crippen LogP) is 1.22. The first-order valence-electron chi connectivity index (χ1n) is 6.84. The van der Waals surface area contributed by atoms with Gasteiger partial charge in [-0.2, -0.15) is 0 Å². The van der Waals surface area contributed by atoms with Crippen molar-refractivity contribution in [2.75, 3.05) is 0 Å². The summed E-state index contributed by atoms with van der Waals surface area (Å²) >= 11 is 0. The van der Waals surface area contributed by atoms with E-state index in [0.717, 1.165) is 5.56 Å². The summed E-state index contributed by atoms with van der Waals surface area (Å²) in [6, 6.07) is 9.25. The van der Waals surface area contributed by atoms with Crippen LogP contribution in [0.15, 0.2) is 30.3 Å². The maximum absolute atomic E-state index is 11.8. The third kappa shape index (κ3) is 5.53. The summed E-state index contributed by atoms with van der Waals surface area (Å²) in [5.41, 5.74) is 7.77. The van der Waals surface area contributed by atoms with Crippen LogP contribution in [-0.2, 0) is 20.9 Å². The highest BCUT2D eigenvalue weighted by Crippen LogP contribution is 2.19. The van der Waals surface area contributed by atoms with Gasteiger partial charge in [0.2, 0.25) is 5.91 Å². The number of hydroxylamine groups is 1. The number of carbonyl (C=O) groups is 2. The molecule has 0 radical (unpaired) electrons. The van der Waals surface area contributed by atoms with E-state index in [1.807, 2.05) is 44.2 Å². The van der Waals surface area contributed by atoms with Gasteiger partial charge in [0.05, 0.1) is 12.5 Å². The molecular formula is C15H22N2O4. The zero-order valence-corrected chi connectivity index (χ0v) is 12.3. The third-order valence-electron chi connectivity index (χ3n) is 3.10. The number of benzene rings is 1. The van der Waals surface area contributed by atoms with Gasteiger partial charge in [-0.05, 0) is 17.9 Å². The third-order valence-corrected chi connectivity index (χ3v) is 3.10. The monoisotopic (exact) mass is 294 g/mol. The maximum Gasteiger partial charge on any atom is 0.273 e. The molecule has 0 aliphatic carbocycles. The van der Waals surface area contributed by atoms with E-state index in [4.69, 9.17) is 15.7 Å². The van der Waals surface area contributed by atoms with Crippen LogP contribution in [0.5, 0.6) is 0 Å². The number of ether oxygens (including phenoxy) is 1. The van der Waals surface area contributed by atoms with Gasteiger partial charge in [-0.15, -0.1) is 0 Å². The number of carbonyl (C=O) groups excluding carboxylic acids is 2. The Bertz CT molecular complexity index is 462. The lowest BCUT2D eigenvalue weighted by Gasteiger charge is -2.24. The van der Waals surface area contributed by atoms with Crippen LogP contribution in [-0.4, -0.2) is 23.1 Å². The number of nitrogens with two attached hydrogens (primary N) is 1. The Morgan fingerprint density at radius 1 is 1.29 bits per heavy atom. The van der Waals surface area contributed by atoms with E-state index in [9.17, 15) is 9.59 Å². The second kappa shape index (κ2) is 8.39. The van der Waals surface area contributed by atoms with Gasteiger partial charge < -0.3 is 10.5 Å². The van der Waals surface area contributed by atoms with Gasteiger partial charge >= 0.3 is 0 Å². The summed E-state index contributed by atoms with van der Waals surface area (Å²) in [5.74, 6) is -2.02. The summed E-state index contributed by atoms with van der Waals surface area (Å²) in [7, 11) is 0. The Labute approximate surface area is 124 Å². The second-order valence-electron chi connectivity index (χ2n) is 5.33. The molecule has 0 unspecified atom stereocenters. The molecule has 116 valence electrons.